The van der Waals surface area contributed by atoms with Gasteiger partial charge in [0.05, 0.1) is 5.52 Å². The highest BCUT2D eigenvalue weighted by Gasteiger charge is 2.04. The molecule has 0 unspecified atom stereocenters. The van der Waals surface area contributed by atoms with E-state index >= 15 is 0 Å². The molecule has 1 heterocycles. The molecule has 86 valence electrons. The molecule has 2 aromatic rings. The fourth-order valence-electron chi connectivity index (χ4n) is 1.75. The Morgan fingerprint density at radius 1 is 1.00 bits per heavy atom. The van der Waals surface area contributed by atoms with E-state index in [1.807, 2.05) is 20.8 Å². The fraction of sp³-hybridized carbons (Fsp3) is 0.357. The molecule has 0 atom stereocenters. The van der Waals surface area contributed by atoms with Gasteiger partial charge >= 0.3 is 0 Å². The molecule has 0 aliphatic carbocycles. The first-order valence-electron chi connectivity index (χ1n) is 5.62. The van der Waals surface area contributed by atoms with Gasteiger partial charge in [-0.15, -0.1) is 0 Å². The van der Waals surface area contributed by atoms with Crippen molar-refractivity contribution in [3.05, 3.63) is 39.5 Å². The Labute approximate surface area is 106 Å². The van der Waals surface area contributed by atoms with Crippen molar-refractivity contribution < 1.29 is 0 Å². The fourth-order valence-corrected chi connectivity index (χ4v) is 2.41. The molecule has 1 aromatic heterocycles. The molecule has 2 rings (SSSR count). The number of fused-ring (bicyclic) bond motifs is 1. The second kappa shape index (κ2) is 5.44. The van der Waals surface area contributed by atoms with Crippen molar-refractivity contribution in [3.8, 4) is 0 Å². The van der Waals surface area contributed by atoms with Crippen molar-refractivity contribution >= 4 is 26.8 Å². The largest absolute Gasteiger partial charge is 0.252 e. The lowest BCUT2D eigenvalue weighted by atomic mass is 10.1. The molecule has 0 saturated carbocycles. The molecule has 0 spiro atoms. The summed E-state index contributed by atoms with van der Waals surface area (Å²) in [7, 11) is 0. The monoisotopic (exact) mass is 279 g/mol. The summed E-state index contributed by atoms with van der Waals surface area (Å²) >= 11 is 3.55. The van der Waals surface area contributed by atoms with Gasteiger partial charge in [-0.2, -0.15) is 0 Å². The van der Waals surface area contributed by atoms with Gasteiger partial charge in [-0.3, -0.25) is 4.98 Å². The van der Waals surface area contributed by atoms with E-state index in [9.17, 15) is 0 Å². The molecule has 2 heteroatoms. The van der Waals surface area contributed by atoms with Crippen LogP contribution in [0.1, 0.15) is 30.7 Å². The van der Waals surface area contributed by atoms with Crippen LogP contribution in [0.4, 0.5) is 0 Å². The van der Waals surface area contributed by atoms with Crippen LogP contribution in [-0.4, -0.2) is 4.98 Å². The van der Waals surface area contributed by atoms with Gasteiger partial charge in [-0.05, 0) is 66.0 Å². The highest BCUT2D eigenvalue weighted by Crippen LogP contribution is 2.26. The highest BCUT2D eigenvalue weighted by molar-refractivity contribution is 9.10. The van der Waals surface area contributed by atoms with Crippen LogP contribution in [0.25, 0.3) is 10.9 Å². The summed E-state index contributed by atoms with van der Waals surface area (Å²) in [5.41, 5.74) is 4.68. The Kier molecular flexibility index (Phi) is 4.48. The third kappa shape index (κ3) is 2.62. The number of aromatic nitrogens is 1. The minimum Gasteiger partial charge on any atom is -0.252 e. The molecule has 0 bridgehead atoms. The first-order valence-corrected chi connectivity index (χ1v) is 6.41. The summed E-state index contributed by atoms with van der Waals surface area (Å²) in [5, 5.41) is 1.24. The molecule has 1 aromatic carbocycles. The average molecular weight is 280 g/mol. The number of halogens is 1. The van der Waals surface area contributed by atoms with Gasteiger partial charge in [-0.25, -0.2) is 0 Å². The van der Waals surface area contributed by atoms with E-state index in [-0.39, 0.29) is 0 Å². The van der Waals surface area contributed by atoms with Crippen molar-refractivity contribution in [2.24, 2.45) is 0 Å². The van der Waals surface area contributed by atoms with Crippen LogP contribution in [0.2, 0.25) is 0 Å². The highest BCUT2D eigenvalue weighted by atomic mass is 79.9. The number of nitrogens with zero attached hydrogens (tertiary/aromatic N) is 1. The summed E-state index contributed by atoms with van der Waals surface area (Å²) < 4.78 is 1.08. The van der Waals surface area contributed by atoms with Gasteiger partial charge in [0, 0.05) is 15.6 Å². The summed E-state index contributed by atoms with van der Waals surface area (Å²) in [4.78, 5) is 4.53. The van der Waals surface area contributed by atoms with Gasteiger partial charge < -0.3 is 0 Å². The predicted molar refractivity (Wildman–Crippen MR) is 75.0 cm³/mol. The van der Waals surface area contributed by atoms with Crippen LogP contribution in [0.5, 0.6) is 0 Å². The molecule has 0 fully saturated rings. The molecule has 0 aliphatic rings. The Bertz CT molecular complexity index is 456. The molecule has 0 amide bonds. The maximum Gasteiger partial charge on any atom is 0.0849 e. The molecule has 1 nitrogen and oxygen atoms in total. The van der Waals surface area contributed by atoms with Crippen LogP contribution >= 0.6 is 15.9 Å². The Hall–Kier alpha value is -0.890. The Balaban J connectivity index is 0.000000606. The smallest absolute Gasteiger partial charge is 0.0849 e. The van der Waals surface area contributed by atoms with Gasteiger partial charge in [0.1, 0.15) is 0 Å². The van der Waals surface area contributed by atoms with E-state index < -0.39 is 0 Å². The van der Waals surface area contributed by atoms with Crippen LogP contribution in [-0.2, 0) is 0 Å². The number of rotatable bonds is 0. The number of hydrogen-bond donors (Lipinski definition) is 0. The number of hydrogen-bond acceptors (Lipinski definition) is 1. The minimum atomic E-state index is 1.06. The zero-order chi connectivity index (χ0) is 12.3. The van der Waals surface area contributed by atoms with Crippen LogP contribution in [0.15, 0.2) is 22.7 Å². The Morgan fingerprint density at radius 2 is 1.62 bits per heavy atom. The number of aryl methyl sites for hydroxylation is 3. The van der Waals surface area contributed by atoms with Crippen molar-refractivity contribution in [1.82, 2.24) is 4.98 Å². The average Bonchev–Trinajstić information content (AvgIpc) is 2.23. The topological polar surface area (TPSA) is 12.9 Å². The minimum absolute atomic E-state index is 1.06. The summed E-state index contributed by atoms with van der Waals surface area (Å²) in [6, 6.07) is 6.41. The van der Waals surface area contributed by atoms with Crippen LogP contribution in [0, 0.1) is 20.8 Å². The summed E-state index contributed by atoms with van der Waals surface area (Å²) in [6.45, 7) is 10.3. The van der Waals surface area contributed by atoms with Gasteiger partial charge in [0.25, 0.3) is 0 Å². The Morgan fingerprint density at radius 3 is 2.25 bits per heavy atom. The number of benzene rings is 1. The van der Waals surface area contributed by atoms with Crippen molar-refractivity contribution in [2.45, 2.75) is 34.6 Å². The molecule has 16 heavy (non-hydrogen) atoms. The van der Waals surface area contributed by atoms with Crippen molar-refractivity contribution in [3.63, 3.8) is 0 Å². The second-order valence-corrected chi connectivity index (χ2v) is 4.58. The van der Waals surface area contributed by atoms with E-state index in [0.717, 1.165) is 15.7 Å². The quantitative estimate of drug-likeness (QED) is 0.665. The zero-order valence-corrected chi connectivity index (χ0v) is 12.1. The van der Waals surface area contributed by atoms with Gasteiger partial charge in [0.2, 0.25) is 0 Å². The molecular formula is C14H18BrN. The predicted octanol–water partition coefficient (Wildman–Crippen LogP) is 4.95. The third-order valence-electron chi connectivity index (χ3n) is 2.35. The summed E-state index contributed by atoms with van der Waals surface area (Å²) in [5.74, 6) is 0. The van der Waals surface area contributed by atoms with E-state index in [0.29, 0.717) is 0 Å². The lowest BCUT2D eigenvalue weighted by Crippen LogP contribution is -1.89. The van der Waals surface area contributed by atoms with Crippen molar-refractivity contribution in [2.75, 3.05) is 0 Å². The molecule has 0 radical (unpaired) electrons. The van der Waals surface area contributed by atoms with E-state index in [4.69, 9.17) is 0 Å². The first-order chi connectivity index (χ1) is 7.58. The van der Waals surface area contributed by atoms with Crippen LogP contribution < -0.4 is 0 Å². The maximum absolute atomic E-state index is 4.53. The number of pyridine rings is 1. The van der Waals surface area contributed by atoms with Crippen LogP contribution in [0.3, 0.4) is 0 Å². The van der Waals surface area contributed by atoms with E-state index in [2.05, 4.69) is 53.0 Å². The van der Waals surface area contributed by atoms with E-state index in [1.54, 1.807) is 0 Å². The summed E-state index contributed by atoms with van der Waals surface area (Å²) in [6.07, 6.45) is 0. The van der Waals surface area contributed by atoms with Gasteiger partial charge in [-0.1, -0.05) is 13.8 Å². The first kappa shape index (κ1) is 13.2. The molecule has 0 N–H and O–H groups in total. The SMILES string of the molecule is CC.Cc1cc(Br)c2nc(C)cc(C)c2c1. The molecular weight excluding hydrogens is 262 g/mol. The third-order valence-corrected chi connectivity index (χ3v) is 2.95. The maximum atomic E-state index is 4.53. The van der Waals surface area contributed by atoms with Gasteiger partial charge in [0.15, 0.2) is 0 Å². The lowest BCUT2D eigenvalue weighted by Gasteiger charge is -2.06. The normalized spacial score (nSPS) is 9.88. The standard InChI is InChI=1S/C12H12BrN.C2H6/c1-7-4-10-8(2)6-9(3)14-12(10)11(13)5-7;1-2/h4-6H,1-3H3;1-2H3. The lowest BCUT2D eigenvalue weighted by molar-refractivity contribution is 1.23. The molecule has 0 aliphatic heterocycles. The second-order valence-electron chi connectivity index (χ2n) is 3.72. The van der Waals surface area contributed by atoms with Crippen molar-refractivity contribution in [1.29, 1.82) is 0 Å². The zero-order valence-electron chi connectivity index (χ0n) is 10.6. The molecule has 0 saturated heterocycles. The van der Waals surface area contributed by atoms with E-state index in [1.165, 1.54) is 16.5 Å².